The van der Waals surface area contributed by atoms with Crippen molar-refractivity contribution in [1.82, 2.24) is 20.2 Å². The number of para-hydroxylation sites is 1. The van der Waals surface area contributed by atoms with Crippen molar-refractivity contribution in [2.24, 2.45) is 5.41 Å². The van der Waals surface area contributed by atoms with Crippen LogP contribution in [0.4, 0.5) is 5.95 Å². The highest BCUT2D eigenvalue weighted by Crippen LogP contribution is 2.37. The molecule has 1 aliphatic carbocycles. The fourth-order valence-electron chi connectivity index (χ4n) is 2.74. The van der Waals surface area contributed by atoms with Crippen LogP contribution in [0.3, 0.4) is 0 Å². The van der Waals surface area contributed by atoms with Gasteiger partial charge in [-0.2, -0.15) is 4.68 Å². The van der Waals surface area contributed by atoms with Gasteiger partial charge in [0.25, 0.3) is 0 Å². The number of benzene rings is 1. The van der Waals surface area contributed by atoms with Gasteiger partial charge in [0.15, 0.2) is 0 Å². The molecule has 100 valence electrons. The van der Waals surface area contributed by atoms with Crippen molar-refractivity contribution in [3.63, 3.8) is 0 Å². The van der Waals surface area contributed by atoms with E-state index in [1.165, 1.54) is 25.7 Å². The predicted molar refractivity (Wildman–Crippen MR) is 74.2 cm³/mol. The monoisotopic (exact) mass is 257 g/mol. The molecule has 3 rings (SSSR count). The molecule has 1 fully saturated rings. The fraction of sp³-hybridized carbons (Fsp3) is 0.500. The smallest absolute Gasteiger partial charge is 0.247 e. The van der Waals surface area contributed by atoms with Crippen molar-refractivity contribution in [2.75, 3.05) is 11.9 Å². The van der Waals surface area contributed by atoms with Gasteiger partial charge in [-0.3, -0.25) is 0 Å². The summed E-state index contributed by atoms with van der Waals surface area (Å²) in [5, 5.41) is 15.3. The van der Waals surface area contributed by atoms with Gasteiger partial charge < -0.3 is 5.32 Å². The number of aromatic nitrogens is 4. The van der Waals surface area contributed by atoms with E-state index in [4.69, 9.17) is 0 Å². The lowest BCUT2D eigenvalue weighted by Crippen LogP contribution is -2.24. The van der Waals surface area contributed by atoms with Crippen molar-refractivity contribution in [2.45, 2.75) is 32.6 Å². The van der Waals surface area contributed by atoms with Gasteiger partial charge in [0.1, 0.15) is 0 Å². The zero-order valence-electron chi connectivity index (χ0n) is 11.2. The highest BCUT2D eigenvalue weighted by molar-refractivity contribution is 5.38. The van der Waals surface area contributed by atoms with Crippen molar-refractivity contribution in [3.8, 4) is 5.69 Å². The molecule has 1 aliphatic rings. The van der Waals surface area contributed by atoms with Crippen LogP contribution in [0.25, 0.3) is 5.69 Å². The molecule has 0 bridgehead atoms. The first-order valence-electron chi connectivity index (χ1n) is 6.85. The fourth-order valence-corrected chi connectivity index (χ4v) is 2.74. The van der Waals surface area contributed by atoms with Gasteiger partial charge in [-0.1, -0.05) is 43.1 Å². The third-order valence-electron chi connectivity index (χ3n) is 3.95. The second-order valence-electron chi connectivity index (χ2n) is 5.62. The van der Waals surface area contributed by atoms with Crippen LogP contribution in [0.15, 0.2) is 30.3 Å². The maximum atomic E-state index is 4.08. The molecule has 1 saturated carbocycles. The minimum Gasteiger partial charge on any atom is -0.352 e. The first-order valence-corrected chi connectivity index (χ1v) is 6.85. The summed E-state index contributed by atoms with van der Waals surface area (Å²) in [6.07, 6.45) is 5.24. The van der Waals surface area contributed by atoms with Gasteiger partial charge in [-0.05, 0) is 40.8 Å². The Hall–Kier alpha value is -1.91. The number of tetrazole rings is 1. The molecule has 0 radical (unpaired) electrons. The normalized spacial score (nSPS) is 17.5. The summed E-state index contributed by atoms with van der Waals surface area (Å²) in [7, 11) is 0. The molecular weight excluding hydrogens is 238 g/mol. The molecular formula is C14H19N5. The quantitative estimate of drug-likeness (QED) is 0.915. The molecule has 0 atom stereocenters. The van der Waals surface area contributed by atoms with E-state index in [0.717, 1.165) is 18.2 Å². The van der Waals surface area contributed by atoms with E-state index < -0.39 is 0 Å². The van der Waals surface area contributed by atoms with Gasteiger partial charge in [0, 0.05) is 6.54 Å². The third kappa shape index (κ3) is 2.59. The second kappa shape index (κ2) is 4.99. The van der Waals surface area contributed by atoms with E-state index >= 15 is 0 Å². The largest absolute Gasteiger partial charge is 0.352 e. The number of nitrogens with one attached hydrogen (secondary N) is 1. The Labute approximate surface area is 113 Å². The highest BCUT2D eigenvalue weighted by atomic mass is 15.6. The molecule has 1 aromatic carbocycles. The minimum atomic E-state index is 0.382. The molecule has 0 spiro atoms. The predicted octanol–water partition coefficient (Wildman–Crippen LogP) is 2.65. The van der Waals surface area contributed by atoms with Crippen LogP contribution in [-0.4, -0.2) is 26.8 Å². The van der Waals surface area contributed by atoms with Crippen LogP contribution in [0.2, 0.25) is 0 Å². The van der Waals surface area contributed by atoms with Crippen LogP contribution >= 0.6 is 0 Å². The van der Waals surface area contributed by atoms with Gasteiger partial charge in [0.05, 0.1) is 5.69 Å². The average molecular weight is 257 g/mol. The Bertz CT molecular complexity index is 528. The van der Waals surface area contributed by atoms with Gasteiger partial charge in [0.2, 0.25) is 5.95 Å². The molecule has 2 aromatic rings. The van der Waals surface area contributed by atoms with Gasteiger partial charge in [-0.15, -0.1) is 0 Å². The standard InChI is InChI=1S/C14H19N5/c1-14(9-5-6-10-14)11-15-13-16-17-18-19(13)12-7-3-2-4-8-12/h2-4,7-8H,5-6,9-11H2,1H3,(H,15,16,18). The molecule has 0 saturated heterocycles. The van der Waals surface area contributed by atoms with E-state index in [2.05, 4.69) is 27.8 Å². The molecule has 0 aliphatic heterocycles. The van der Waals surface area contributed by atoms with Crippen molar-refractivity contribution < 1.29 is 0 Å². The summed E-state index contributed by atoms with van der Waals surface area (Å²) in [4.78, 5) is 0. The third-order valence-corrected chi connectivity index (χ3v) is 3.95. The van der Waals surface area contributed by atoms with E-state index in [9.17, 15) is 0 Å². The summed E-state index contributed by atoms with van der Waals surface area (Å²) >= 11 is 0. The SMILES string of the molecule is CC1(CNc2nnnn2-c2ccccc2)CCCC1. The Kier molecular flexibility index (Phi) is 3.19. The highest BCUT2D eigenvalue weighted by Gasteiger charge is 2.28. The average Bonchev–Trinajstić information content (AvgIpc) is 3.07. The number of nitrogens with zero attached hydrogens (tertiary/aromatic N) is 4. The molecule has 1 heterocycles. The molecule has 0 unspecified atom stereocenters. The van der Waals surface area contributed by atoms with Crippen LogP contribution in [0.1, 0.15) is 32.6 Å². The Morgan fingerprint density at radius 3 is 2.68 bits per heavy atom. The Morgan fingerprint density at radius 2 is 1.95 bits per heavy atom. The van der Waals surface area contributed by atoms with Gasteiger partial charge >= 0.3 is 0 Å². The summed E-state index contributed by atoms with van der Waals surface area (Å²) in [6.45, 7) is 3.27. The summed E-state index contributed by atoms with van der Waals surface area (Å²) in [5.74, 6) is 0.722. The Morgan fingerprint density at radius 1 is 1.21 bits per heavy atom. The van der Waals surface area contributed by atoms with Crippen LogP contribution in [-0.2, 0) is 0 Å². The molecule has 5 heteroatoms. The lowest BCUT2D eigenvalue weighted by Gasteiger charge is -2.23. The minimum absolute atomic E-state index is 0.382. The van der Waals surface area contributed by atoms with Crippen molar-refractivity contribution in [1.29, 1.82) is 0 Å². The topological polar surface area (TPSA) is 55.6 Å². The van der Waals surface area contributed by atoms with Gasteiger partial charge in [-0.25, -0.2) is 0 Å². The lowest BCUT2D eigenvalue weighted by molar-refractivity contribution is 0.361. The number of anilines is 1. The molecule has 5 nitrogen and oxygen atoms in total. The van der Waals surface area contributed by atoms with Crippen LogP contribution in [0.5, 0.6) is 0 Å². The van der Waals surface area contributed by atoms with E-state index in [1.807, 2.05) is 30.3 Å². The number of hydrogen-bond donors (Lipinski definition) is 1. The first kappa shape index (κ1) is 12.1. The van der Waals surface area contributed by atoms with Crippen LogP contribution in [0, 0.1) is 5.41 Å². The first-order chi connectivity index (χ1) is 9.27. The van der Waals surface area contributed by atoms with E-state index in [-0.39, 0.29) is 0 Å². The summed E-state index contributed by atoms with van der Waals surface area (Å²) in [6, 6.07) is 9.95. The zero-order chi connectivity index (χ0) is 13.1. The lowest BCUT2D eigenvalue weighted by atomic mass is 9.89. The van der Waals surface area contributed by atoms with Crippen molar-refractivity contribution >= 4 is 5.95 Å². The number of hydrogen-bond acceptors (Lipinski definition) is 4. The summed E-state index contributed by atoms with van der Waals surface area (Å²) in [5.41, 5.74) is 1.36. The molecule has 1 aromatic heterocycles. The molecule has 1 N–H and O–H groups in total. The van der Waals surface area contributed by atoms with E-state index in [1.54, 1.807) is 4.68 Å². The van der Waals surface area contributed by atoms with Crippen molar-refractivity contribution in [3.05, 3.63) is 30.3 Å². The number of rotatable bonds is 4. The summed E-state index contributed by atoms with van der Waals surface area (Å²) < 4.78 is 1.75. The molecule has 0 amide bonds. The molecule has 19 heavy (non-hydrogen) atoms. The second-order valence-corrected chi connectivity index (χ2v) is 5.62. The maximum Gasteiger partial charge on any atom is 0.247 e. The zero-order valence-corrected chi connectivity index (χ0v) is 11.2. The van der Waals surface area contributed by atoms with E-state index in [0.29, 0.717) is 5.41 Å². The van der Waals surface area contributed by atoms with Crippen LogP contribution < -0.4 is 5.32 Å². The Balaban J connectivity index is 1.74. The maximum absolute atomic E-state index is 4.08.